The van der Waals surface area contributed by atoms with Crippen molar-refractivity contribution in [1.82, 2.24) is 0 Å². The van der Waals surface area contributed by atoms with Crippen LogP contribution in [0.1, 0.15) is 25.7 Å². The maximum atomic E-state index is 12.6. The molecule has 0 N–H and O–H groups in total. The second-order valence-corrected chi connectivity index (χ2v) is 8.60. The molecular formula is C26H34O10. The van der Waals surface area contributed by atoms with Gasteiger partial charge in [0.25, 0.3) is 0 Å². The summed E-state index contributed by atoms with van der Waals surface area (Å²) < 4.78 is 32.0. The van der Waals surface area contributed by atoms with Crippen LogP contribution in [-0.4, -0.2) is 76.7 Å². The van der Waals surface area contributed by atoms with Gasteiger partial charge < -0.3 is 28.4 Å². The summed E-state index contributed by atoms with van der Waals surface area (Å²) in [7, 11) is 0. The van der Waals surface area contributed by atoms with E-state index in [0.29, 0.717) is 25.7 Å². The molecule has 198 valence electrons. The molecule has 1 aliphatic heterocycles. The van der Waals surface area contributed by atoms with E-state index in [-0.39, 0.29) is 52.9 Å². The topological polar surface area (TPSA) is 124 Å². The maximum Gasteiger partial charge on any atom is 0.310 e. The molecular weight excluding hydrogens is 472 g/mol. The number of hydrogen-bond acceptors (Lipinski definition) is 10. The zero-order valence-electron chi connectivity index (χ0n) is 20.3. The van der Waals surface area contributed by atoms with Crippen molar-refractivity contribution in [3.05, 3.63) is 36.5 Å². The minimum atomic E-state index is -0.621. The molecule has 0 spiro atoms. The summed E-state index contributed by atoms with van der Waals surface area (Å²) in [5.41, 5.74) is 0. The predicted molar refractivity (Wildman–Crippen MR) is 125 cm³/mol. The largest absolute Gasteiger partial charge is 0.463 e. The van der Waals surface area contributed by atoms with Crippen LogP contribution in [0.15, 0.2) is 36.5 Å². The van der Waals surface area contributed by atoms with Gasteiger partial charge in [0.05, 0.1) is 50.1 Å². The summed E-state index contributed by atoms with van der Waals surface area (Å²) in [6, 6.07) is 0. The quantitative estimate of drug-likeness (QED) is 0.273. The monoisotopic (exact) mass is 506 g/mol. The van der Waals surface area contributed by atoms with Crippen LogP contribution < -0.4 is 0 Å². The highest BCUT2D eigenvalue weighted by atomic mass is 16.6. The summed E-state index contributed by atoms with van der Waals surface area (Å²) in [5.74, 6) is -4.36. The van der Waals surface area contributed by atoms with Gasteiger partial charge >= 0.3 is 23.9 Å². The SMILES string of the molecule is O=C1OCCOCCOCCOC(=O)[C@@H]2CC=CC[C@@H]2C(=O)OC/C=C\COC(=O)[C@@H]2CC=CC[C@H]12. The number of carbonyl (C=O) groups is 4. The van der Waals surface area contributed by atoms with Gasteiger partial charge in [0.1, 0.15) is 26.4 Å². The Morgan fingerprint density at radius 3 is 1.08 bits per heavy atom. The number of cyclic esters (lactones) is 4. The summed E-state index contributed by atoms with van der Waals surface area (Å²) >= 11 is 0. The fourth-order valence-electron chi connectivity index (χ4n) is 4.22. The van der Waals surface area contributed by atoms with E-state index < -0.39 is 47.5 Å². The van der Waals surface area contributed by atoms with Gasteiger partial charge in [-0.2, -0.15) is 0 Å². The van der Waals surface area contributed by atoms with Crippen LogP contribution in [0.5, 0.6) is 0 Å². The van der Waals surface area contributed by atoms with Crippen molar-refractivity contribution in [3.63, 3.8) is 0 Å². The van der Waals surface area contributed by atoms with Gasteiger partial charge in [0, 0.05) is 0 Å². The van der Waals surface area contributed by atoms with Crippen molar-refractivity contribution >= 4 is 23.9 Å². The molecule has 0 unspecified atom stereocenters. The molecule has 0 amide bonds. The Labute approximate surface area is 210 Å². The third-order valence-electron chi connectivity index (χ3n) is 6.20. The Bertz CT molecular complexity index is 778. The normalized spacial score (nSPS) is 30.9. The van der Waals surface area contributed by atoms with E-state index in [0.717, 1.165) is 0 Å². The second-order valence-electron chi connectivity index (χ2n) is 8.60. The van der Waals surface area contributed by atoms with Gasteiger partial charge in [-0.3, -0.25) is 19.2 Å². The van der Waals surface area contributed by atoms with Crippen molar-refractivity contribution in [3.8, 4) is 0 Å². The summed E-state index contributed by atoms with van der Waals surface area (Å²) in [6.45, 7) is 1.04. The van der Waals surface area contributed by atoms with Crippen molar-refractivity contribution in [2.45, 2.75) is 25.7 Å². The molecule has 0 bridgehead atoms. The number of carbonyl (C=O) groups excluding carboxylic acids is 4. The first kappa shape index (κ1) is 27.6. The van der Waals surface area contributed by atoms with Crippen LogP contribution in [0.25, 0.3) is 0 Å². The van der Waals surface area contributed by atoms with Crippen LogP contribution in [-0.2, 0) is 47.6 Å². The van der Waals surface area contributed by atoms with Crippen molar-refractivity contribution in [2.24, 2.45) is 23.7 Å². The number of rotatable bonds is 0. The van der Waals surface area contributed by atoms with Gasteiger partial charge in [-0.1, -0.05) is 24.3 Å². The number of hydrogen-bond donors (Lipinski definition) is 0. The number of esters is 4. The average Bonchev–Trinajstić information content (AvgIpc) is 2.90. The van der Waals surface area contributed by atoms with E-state index in [1.54, 1.807) is 12.2 Å². The standard InChI is InChI=1S/C26H34O10/c27-23-19-7-1-3-9-21(19)25(29)35-17-15-31-13-14-32-16-18-36-26(30)22-10-4-2-8-20(22)24(28)34-12-6-5-11-33-23/h1-6,19-22H,7-18H2/b6-5-/t19-,20+,21+,22-. The lowest BCUT2D eigenvalue weighted by Crippen LogP contribution is -2.34. The van der Waals surface area contributed by atoms with Crippen molar-refractivity contribution in [2.75, 3.05) is 52.9 Å². The first-order valence-electron chi connectivity index (χ1n) is 12.3. The minimum Gasteiger partial charge on any atom is -0.463 e. The lowest BCUT2D eigenvalue weighted by Gasteiger charge is -2.25. The molecule has 36 heavy (non-hydrogen) atoms. The average molecular weight is 507 g/mol. The summed E-state index contributed by atoms with van der Waals surface area (Å²) in [5, 5.41) is 0. The van der Waals surface area contributed by atoms with Crippen LogP contribution in [0, 0.1) is 23.7 Å². The lowest BCUT2D eigenvalue weighted by atomic mass is 9.83. The lowest BCUT2D eigenvalue weighted by molar-refractivity contribution is -0.161. The van der Waals surface area contributed by atoms with E-state index in [1.165, 1.54) is 0 Å². The first-order valence-corrected chi connectivity index (χ1v) is 12.3. The molecule has 10 heteroatoms. The van der Waals surface area contributed by atoms with Gasteiger partial charge in [0.2, 0.25) is 0 Å². The summed E-state index contributed by atoms with van der Waals surface area (Å²) in [6.07, 6.45) is 12.2. The maximum absolute atomic E-state index is 12.6. The molecule has 0 saturated heterocycles. The van der Waals surface area contributed by atoms with Crippen molar-refractivity contribution in [1.29, 1.82) is 0 Å². The van der Waals surface area contributed by atoms with E-state index >= 15 is 0 Å². The highest BCUT2D eigenvalue weighted by Crippen LogP contribution is 2.29. The third-order valence-corrected chi connectivity index (χ3v) is 6.20. The Hall–Kier alpha value is -2.98. The molecule has 10 nitrogen and oxygen atoms in total. The van der Waals surface area contributed by atoms with Gasteiger partial charge in [-0.05, 0) is 37.8 Å². The Balaban J connectivity index is 1.58. The van der Waals surface area contributed by atoms with E-state index in [4.69, 9.17) is 28.4 Å². The zero-order chi connectivity index (χ0) is 25.6. The third kappa shape index (κ3) is 8.60. The highest BCUT2D eigenvalue weighted by molar-refractivity contribution is 5.83. The molecule has 2 aliphatic carbocycles. The second kappa shape index (κ2) is 15.2. The molecule has 3 rings (SSSR count). The molecule has 0 radical (unpaired) electrons. The van der Waals surface area contributed by atoms with Crippen molar-refractivity contribution < 1.29 is 47.6 Å². The predicted octanol–water partition coefficient (Wildman–Crippen LogP) is 1.93. The first-order chi connectivity index (χ1) is 17.6. The number of ether oxygens (including phenoxy) is 6. The number of allylic oxidation sites excluding steroid dienone is 4. The smallest absolute Gasteiger partial charge is 0.310 e. The van der Waals surface area contributed by atoms with E-state index in [1.807, 2.05) is 24.3 Å². The molecule has 4 atom stereocenters. The molecule has 0 aromatic carbocycles. The fraction of sp³-hybridized carbons (Fsp3) is 0.615. The molecule has 1 heterocycles. The fourth-order valence-corrected chi connectivity index (χ4v) is 4.22. The van der Waals surface area contributed by atoms with Gasteiger partial charge in [-0.15, -0.1) is 0 Å². The Morgan fingerprint density at radius 1 is 0.417 bits per heavy atom. The van der Waals surface area contributed by atoms with Crippen LogP contribution >= 0.6 is 0 Å². The Kier molecular flexibility index (Phi) is 11.7. The molecule has 0 fully saturated rings. The van der Waals surface area contributed by atoms with Gasteiger partial charge in [-0.25, -0.2) is 0 Å². The molecule has 0 saturated carbocycles. The van der Waals surface area contributed by atoms with E-state index in [9.17, 15) is 19.2 Å². The molecule has 0 aromatic heterocycles. The van der Waals surface area contributed by atoms with E-state index in [2.05, 4.69) is 0 Å². The number of fused-ring (bicyclic) bond motifs is 2. The minimum absolute atomic E-state index is 0.0185. The molecule has 3 aliphatic rings. The summed E-state index contributed by atoms with van der Waals surface area (Å²) in [4.78, 5) is 50.2. The highest BCUT2D eigenvalue weighted by Gasteiger charge is 2.37. The van der Waals surface area contributed by atoms with Crippen LogP contribution in [0.4, 0.5) is 0 Å². The molecule has 0 aromatic rings. The van der Waals surface area contributed by atoms with Crippen LogP contribution in [0.3, 0.4) is 0 Å². The van der Waals surface area contributed by atoms with Crippen LogP contribution in [0.2, 0.25) is 0 Å². The van der Waals surface area contributed by atoms with Gasteiger partial charge in [0.15, 0.2) is 0 Å². The Morgan fingerprint density at radius 2 is 0.722 bits per heavy atom. The zero-order valence-corrected chi connectivity index (χ0v) is 20.3.